The Balaban J connectivity index is 2.34. The molecule has 1 aromatic carbocycles. The predicted molar refractivity (Wildman–Crippen MR) is 74.7 cm³/mol. The van der Waals surface area contributed by atoms with Gasteiger partial charge in [-0.15, -0.1) is 0 Å². The standard InChI is InChI=1S/C14H16BrNO3/c1-8(2)12(14(18)19-3)16-7-9-6-10(15)4-5-11(9)13(16)17/h4-6,8,12H,7H2,1-3H3/t12-/m0/s1. The third-order valence-electron chi connectivity index (χ3n) is 3.31. The zero-order valence-electron chi connectivity index (χ0n) is 11.1. The highest BCUT2D eigenvalue weighted by molar-refractivity contribution is 9.10. The lowest BCUT2D eigenvalue weighted by atomic mass is 10.0. The van der Waals surface area contributed by atoms with E-state index in [1.54, 1.807) is 11.0 Å². The topological polar surface area (TPSA) is 46.6 Å². The summed E-state index contributed by atoms with van der Waals surface area (Å²) < 4.78 is 5.75. The lowest BCUT2D eigenvalue weighted by molar-refractivity contribution is -0.147. The molecule has 0 saturated heterocycles. The number of hydrogen-bond donors (Lipinski definition) is 0. The number of carbonyl (C=O) groups excluding carboxylic acids is 2. The van der Waals surface area contributed by atoms with Gasteiger partial charge in [0, 0.05) is 16.6 Å². The highest BCUT2D eigenvalue weighted by Crippen LogP contribution is 2.29. The van der Waals surface area contributed by atoms with Gasteiger partial charge >= 0.3 is 5.97 Å². The largest absolute Gasteiger partial charge is 0.467 e. The zero-order chi connectivity index (χ0) is 14.2. The Labute approximate surface area is 120 Å². The molecular weight excluding hydrogens is 310 g/mol. The Morgan fingerprint density at radius 3 is 2.68 bits per heavy atom. The molecule has 0 unspecified atom stereocenters. The van der Waals surface area contributed by atoms with E-state index in [0.717, 1.165) is 10.0 Å². The second-order valence-corrected chi connectivity index (χ2v) is 5.86. The molecule has 1 heterocycles. The number of nitrogens with zero attached hydrogens (tertiary/aromatic N) is 1. The van der Waals surface area contributed by atoms with Crippen LogP contribution in [-0.2, 0) is 16.1 Å². The van der Waals surface area contributed by atoms with Crippen LogP contribution in [0.15, 0.2) is 22.7 Å². The SMILES string of the molecule is COC(=O)[C@H](C(C)C)N1Cc2cc(Br)ccc2C1=O. The number of amides is 1. The van der Waals surface area contributed by atoms with Crippen LogP contribution in [0.5, 0.6) is 0 Å². The first kappa shape index (κ1) is 14.1. The molecule has 0 aliphatic carbocycles. The molecule has 0 saturated carbocycles. The van der Waals surface area contributed by atoms with Crippen molar-refractivity contribution < 1.29 is 14.3 Å². The Hall–Kier alpha value is -1.36. The smallest absolute Gasteiger partial charge is 0.328 e. The Morgan fingerprint density at radius 1 is 1.42 bits per heavy atom. The van der Waals surface area contributed by atoms with Gasteiger partial charge in [-0.05, 0) is 29.7 Å². The molecule has 1 aliphatic heterocycles. The Bertz CT molecular complexity index is 527. The first-order valence-electron chi connectivity index (χ1n) is 6.13. The molecular formula is C14H16BrNO3. The van der Waals surface area contributed by atoms with Crippen LogP contribution in [0.3, 0.4) is 0 Å². The van der Waals surface area contributed by atoms with Crippen molar-refractivity contribution in [2.45, 2.75) is 26.4 Å². The number of carbonyl (C=O) groups is 2. The molecule has 2 rings (SSSR count). The van der Waals surface area contributed by atoms with E-state index in [2.05, 4.69) is 15.9 Å². The Morgan fingerprint density at radius 2 is 2.11 bits per heavy atom. The van der Waals surface area contributed by atoms with Gasteiger partial charge in [0.2, 0.25) is 0 Å². The first-order chi connectivity index (χ1) is 8.95. The molecule has 0 radical (unpaired) electrons. The van der Waals surface area contributed by atoms with Crippen molar-refractivity contribution in [2.75, 3.05) is 7.11 Å². The number of ether oxygens (including phenoxy) is 1. The normalized spacial score (nSPS) is 15.6. The van der Waals surface area contributed by atoms with Crippen molar-refractivity contribution in [3.63, 3.8) is 0 Å². The summed E-state index contributed by atoms with van der Waals surface area (Å²) in [6.07, 6.45) is 0. The summed E-state index contributed by atoms with van der Waals surface area (Å²) in [5.74, 6) is -0.462. The summed E-state index contributed by atoms with van der Waals surface area (Å²) in [6, 6.07) is 5.00. The average molecular weight is 326 g/mol. The molecule has 5 heteroatoms. The van der Waals surface area contributed by atoms with Gasteiger partial charge in [-0.3, -0.25) is 4.79 Å². The van der Waals surface area contributed by atoms with Crippen LogP contribution >= 0.6 is 15.9 Å². The summed E-state index contributed by atoms with van der Waals surface area (Å²) in [5, 5.41) is 0. The number of halogens is 1. The lowest BCUT2D eigenvalue weighted by Gasteiger charge is -2.28. The summed E-state index contributed by atoms with van der Waals surface area (Å²) in [4.78, 5) is 25.8. The van der Waals surface area contributed by atoms with Crippen molar-refractivity contribution in [3.05, 3.63) is 33.8 Å². The van der Waals surface area contributed by atoms with Gasteiger partial charge < -0.3 is 9.64 Å². The number of benzene rings is 1. The van der Waals surface area contributed by atoms with Crippen LogP contribution in [0.25, 0.3) is 0 Å². The van der Waals surface area contributed by atoms with Crippen molar-refractivity contribution in [3.8, 4) is 0 Å². The molecule has 1 atom stereocenters. The van der Waals surface area contributed by atoms with Gasteiger partial charge in [0.05, 0.1) is 7.11 Å². The van der Waals surface area contributed by atoms with E-state index in [9.17, 15) is 9.59 Å². The number of methoxy groups -OCH3 is 1. The minimum Gasteiger partial charge on any atom is -0.467 e. The molecule has 0 fully saturated rings. The molecule has 0 N–H and O–H groups in total. The van der Waals surface area contributed by atoms with E-state index in [1.807, 2.05) is 26.0 Å². The number of esters is 1. The monoisotopic (exact) mass is 325 g/mol. The molecule has 102 valence electrons. The van der Waals surface area contributed by atoms with Crippen LogP contribution < -0.4 is 0 Å². The van der Waals surface area contributed by atoms with Crippen LogP contribution in [-0.4, -0.2) is 29.9 Å². The van der Waals surface area contributed by atoms with E-state index in [4.69, 9.17) is 4.74 Å². The van der Waals surface area contributed by atoms with E-state index in [0.29, 0.717) is 12.1 Å². The van der Waals surface area contributed by atoms with Crippen molar-refractivity contribution in [2.24, 2.45) is 5.92 Å². The van der Waals surface area contributed by atoms with Gasteiger partial charge in [-0.2, -0.15) is 0 Å². The average Bonchev–Trinajstić information content (AvgIpc) is 2.66. The summed E-state index contributed by atoms with van der Waals surface area (Å²) in [5.41, 5.74) is 1.60. The van der Waals surface area contributed by atoms with Gasteiger partial charge in [-0.25, -0.2) is 4.79 Å². The highest BCUT2D eigenvalue weighted by atomic mass is 79.9. The van der Waals surface area contributed by atoms with Gasteiger partial charge in [0.15, 0.2) is 0 Å². The molecule has 0 aromatic heterocycles. The number of rotatable bonds is 3. The van der Waals surface area contributed by atoms with Gasteiger partial charge in [-0.1, -0.05) is 29.8 Å². The molecule has 4 nitrogen and oxygen atoms in total. The highest BCUT2D eigenvalue weighted by Gasteiger charge is 2.38. The quantitative estimate of drug-likeness (QED) is 0.802. The van der Waals surface area contributed by atoms with Crippen LogP contribution in [0.2, 0.25) is 0 Å². The lowest BCUT2D eigenvalue weighted by Crippen LogP contribution is -2.45. The third-order valence-corrected chi connectivity index (χ3v) is 3.80. The fraction of sp³-hybridized carbons (Fsp3) is 0.429. The van der Waals surface area contributed by atoms with E-state index in [-0.39, 0.29) is 17.8 Å². The van der Waals surface area contributed by atoms with Crippen molar-refractivity contribution in [1.82, 2.24) is 4.90 Å². The Kier molecular flexibility index (Phi) is 3.94. The van der Waals surface area contributed by atoms with Gasteiger partial charge in [0.1, 0.15) is 6.04 Å². The second kappa shape index (κ2) is 5.33. The minimum atomic E-state index is -0.538. The summed E-state index contributed by atoms with van der Waals surface area (Å²) in [6.45, 7) is 4.27. The van der Waals surface area contributed by atoms with E-state index in [1.165, 1.54) is 7.11 Å². The fourth-order valence-corrected chi connectivity index (χ4v) is 2.82. The molecule has 1 amide bonds. The van der Waals surface area contributed by atoms with E-state index < -0.39 is 6.04 Å². The molecule has 0 spiro atoms. The molecule has 19 heavy (non-hydrogen) atoms. The minimum absolute atomic E-state index is 0.00847. The first-order valence-corrected chi connectivity index (χ1v) is 6.92. The van der Waals surface area contributed by atoms with Crippen LogP contribution in [0, 0.1) is 5.92 Å². The van der Waals surface area contributed by atoms with Crippen LogP contribution in [0.1, 0.15) is 29.8 Å². The molecule has 1 aromatic rings. The maximum Gasteiger partial charge on any atom is 0.328 e. The second-order valence-electron chi connectivity index (χ2n) is 4.95. The number of hydrogen-bond acceptors (Lipinski definition) is 3. The third kappa shape index (κ3) is 2.52. The fourth-order valence-electron chi connectivity index (χ4n) is 2.42. The predicted octanol–water partition coefficient (Wildman–Crippen LogP) is 2.60. The number of fused-ring (bicyclic) bond motifs is 1. The van der Waals surface area contributed by atoms with Crippen LogP contribution in [0.4, 0.5) is 0 Å². The van der Waals surface area contributed by atoms with Crippen molar-refractivity contribution in [1.29, 1.82) is 0 Å². The van der Waals surface area contributed by atoms with E-state index >= 15 is 0 Å². The van der Waals surface area contributed by atoms with Crippen molar-refractivity contribution >= 4 is 27.8 Å². The summed E-state index contributed by atoms with van der Waals surface area (Å²) in [7, 11) is 1.35. The van der Waals surface area contributed by atoms with Gasteiger partial charge in [0.25, 0.3) is 5.91 Å². The molecule has 1 aliphatic rings. The maximum absolute atomic E-state index is 12.4. The maximum atomic E-state index is 12.4. The molecule has 0 bridgehead atoms. The summed E-state index contributed by atoms with van der Waals surface area (Å²) >= 11 is 3.39. The zero-order valence-corrected chi connectivity index (χ0v) is 12.7.